The van der Waals surface area contributed by atoms with Crippen LogP contribution >= 0.6 is 0 Å². The van der Waals surface area contributed by atoms with Crippen LogP contribution in [-0.2, 0) is 11.2 Å². The maximum Gasteiger partial charge on any atom is 0.326 e. The molecule has 1 aliphatic rings. The van der Waals surface area contributed by atoms with Crippen LogP contribution in [-0.4, -0.2) is 25.7 Å². The maximum atomic E-state index is 11.7. The first kappa shape index (κ1) is 16.6. The average Bonchev–Trinajstić information content (AvgIpc) is 2.94. The fraction of sp³-hybridized carbons (Fsp3) is 0.158. The number of methoxy groups -OCH3 is 1. The summed E-state index contributed by atoms with van der Waals surface area (Å²) in [6.07, 6.45) is 2.31. The van der Waals surface area contributed by atoms with Gasteiger partial charge in [-0.15, -0.1) is 0 Å². The van der Waals surface area contributed by atoms with E-state index in [1.54, 1.807) is 31.4 Å². The molecule has 0 unspecified atom stereocenters. The molecule has 0 spiro atoms. The molecule has 3 rings (SSSR count). The number of nitrogens with one attached hydrogen (secondary N) is 2. The van der Waals surface area contributed by atoms with Gasteiger partial charge in [-0.1, -0.05) is 42.5 Å². The molecule has 2 aromatic rings. The zero-order valence-electron chi connectivity index (χ0n) is 13.7. The van der Waals surface area contributed by atoms with Crippen molar-refractivity contribution >= 4 is 18.0 Å². The van der Waals surface area contributed by atoms with Gasteiger partial charge in [0.1, 0.15) is 5.70 Å². The second-order valence-electron chi connectivity index (χ2n) is 5.43. The number of hydrogen-bond acceptors (Lipinski definition) is 4. The third-order valence-electron chi connectivity index (χ3n) is 3.73. The van der Waals surface area contributed by atoms with Gasteiger partial charge in [-0.25, -0.2) is 4.79 Å². The summed E-state index contributed by atoms with van der Waals surface area (Å²) in [7, 11) is 1.56. The number of urea groups is 1. The Hall–Kier alpha value is -3.28. The van der Waals surface area contributed by atoms with E-state index in [0.29, 0.717) is 23.7 Å². The number of amides is 3. The maximum absolute atomic E-state index is 11.7. The molecule has 128 valence electrons. The lowest BCUT2D eigenvalue weighted by Crippen LogP contribution is -2.22. The minimum atomic E-state index is -0.536. The Morgan fingerprint density at radius 1 is 1.00 bits per heavy atom. The largest absolute Gasteiger partial charge is 0.493 e. The van der Waals surface area contributed by atoms with E-state index in [1.807, 2.05) is 30.3 Å². The van der Waals surface area contributed by atoms with Crippen LogP contribution in [0.4, 0.5) is 4.79 Å². The Labute approximate surface area is 145 Å². The molecule has 1 heterocycles. The Kier molecular flexibility index (Phi) is 4.99. The van der Waals surface area contributed by atoms with Gasteiger partial charge in [-0.3, -0.25) is 10.1 Å². The molecule has 0 atom stereocenters. The summed E-state index contributed by atoms with van der Waals surface area (Å²) in [5, 5.41) is 4.63. The molecule has 0 bridgehead atoms. The molecule has 1 aliphatic heterocycles. The lowest BCUT2D eigenvalue weighted by Gasteiger charge is -2.13. The van der Waals surface area contributed by atoms with E-state index >= 15 is 0 Å². The molecule has 0 saturated carbocycles. The zero-order chi connectivity index (χ0) is 17.6. The molecule has 25 heavy (non-hydrogen) atoms. The number of carbonyl (C=O) groups is 2. The highest BCUT2D eigenvalue weighted by molar-refractivity contribution is 6.14. The first-order chi connectivity index (χ1) is 12.2. The van der Waals surface area contributed by atoms with E-state index in [0.717, 1.165) is 6.42 Å². The number of carbonyl (C=O) groups excluding carboxylic acids is 2. The Bertz CT molecular complexity index is 815. The van der Waals surface area contributed by atoms with Crippen molar-refractivity contribution in [3.8, 4) is 11.5 Å². The number of hydrogen-bond donors (Lipinski definition) is 2. The third kappa shape index (κ3) is 3.98. The van der Waals surface area contributed by atoms with Gasteiger partial charge in [0.2, 0.25) is 0 Å². The van der Waals surface area contributed by atoms with Crippen molar-refractivity contribution in [1.29, 1.82) is 0 Å². The van der Waals surface area contributed by atoms with Crippen molar-refractivity contribution in [2.24, 2.45) is 0 Å². The minimum absolute atomic E-state index is 0.172. The van der Waals surface area contributed by atoms with E-state index in [2.05, 4.69) is 10.6 Å². The Balaban J connectivity index is 1.80. The Morgan fingerprint density at radius 3 is 2.48 bits per heavy atom. The SMILES string of the molecule is COc1cccc(/C=C2\NC(=O)NC2=O)c1OCCc1ccccc1. The van der Waals surface area contributed by atoms with E-state index < -0.39 is 11.9 Å². The van der Waals surface area contributed by atoms with Gasteiger partial charge in [0.15, 0.2) is 11.5 Å². The first-order valence-electron chi connectivity index (χ1n) is 7.85. The molecule has 3 amide bonds. The fourth-order valence-electron chi connectivity index (χ4n) is 2.52. The molecule has 6 heteroatoms. The predicted molar refractivity (Wildman–Crippen MR) is 93.3 cm³/mol. The van der Waals surface area contributed by atoms with Crippen molar-refractivity contribution in [3.05, 3.63) is 65.4 Å². The molecule has 0 aliphatic carbocycles. The van der Waals surface area contributed by atoms with Crippen LogP contribution in [0.2, 0.25) is 0 Å². The normalized spacial score (nSPS) is 15.0. The van der Waals surface area contributed by atoms with Gasteiger partial charge in [0.05, 0.1) is 13.7 Å². The monoisotopic (exact) mass is 338 g/mol. The summed E-state index contributed by atoms with van der Waals surface area (Å²) >= 11 is 0. The second-order valence-corrected chi connectivity index (χ2v) is 5.43. The quantitative estimate of drug-likeness (QED) is 0.627. The van der Waals surface area contributed by atoms with E-state index in [1.165, 1.54) is 5.56 Å². The molecule has 2 N–H and O–H groups in total. The van der Waals surface area contributed by atoms with Crippen molar-refractivity contribution < 1.29 is 19.1 Å². The van der Waals surface area contributed by atoms with Crippen LogP contribution in [0.15, 0.2) is 54.2 Å². The minimum Gasteiger partial charge on any atom is -0.493 e. The first-order valence-corrected chi connectivity index (χ1v) is 7.85. The van der Waals surface area contributed by atoms with Crippen LogP contribution in [0.5, 0.6) is 11.5 Å². The average molecular weight is 338 g/mol. The molecule has 0 radical (unpaired) electrons. The second kappa shape index (κ2) is 7.53. The number of para-hydroxylation sites is 1. The lowest BCUT2D eigenvalue weighted by atomic mass is 10.1. The number of benzene rings is 2. The summed E-state index contributed by atoms with van der Waals surface area (Å²) in [5.41, 5.74) is 1.99. The summed E-state index contributed by atoms with van der Waals surface area (Å²) < 4.78 is 11.3. The molecule has 2 aromatic carbocycles. The van der Waals surface area contributed by atoms with Gasteiger partial charge in [-0.05, 0) is 17.7 Å². The standard InChI is InChI=1S/C19H18N2O4/c1-24-16-9-5-8-14(12-15-18(22)21-19(23)20-15)17(16)25-11-10-13-6-3-2-4-7-13/h2-9,12H,10-11H2,1H3,(H2,20,21,22,23)/b15-12-. The molecular formula is C19H18N2O4. The molecular weight excluding hydrogens is 320 g/mol. The van der Waals surface area contributed by atoms with Crippen molar-refractivity contribution in [1.82, 2.24) is 10.6 Å². The molecule has 6 nitrogen and oxygen atoms in total. The highest BCUT2D eigenvalue weighted by Crippen LogP contribution is 2.32. The Morgan fingerprint density at radius 2 is 1.80 bits per heavy atom. The van der Waals surface area contributed by atoms with Crippen LogP contribution in [0.1, 0.15) is 11.1 Å². The third-order valence-corrected chi connectivity index (χ3v) is 3.73. The highest BCUT2D eigenvalue weighted by atomic mass is 16.5. The fourth-order valence-corrected chi connectivity index (χ4v) is 2.52. The van der Waals surface area contributed by atoms with Crippen molar-refractivity contribution in [3.63, 3.8) is 0 Å². The molecule has 1 saturated heterocycles. The van der Waals surface area contributed by atoms with Gasteiger partial charge in [0.25, 0.3) is 5.91 Å². The number of imide groups is 1. The lowest BCUT2D eigenvalue weighted by molar-refractivity contribution is -0.115. The van der Waals surface area contributed by atoms with E-state index in [4.69, 9.17) is 9.47 Å². The number of ether oxygens (including phenoxy) is 2. The van der Waals surface area contributed by atoms with Crippen LogP contribution < -0.4 is 20.1 Å². The van der Waals surface area contributed by atoms with E-state index in [-0.39, 0.29) is 5.70 Å². The summed E-state index contributed by atoms with van der Waals surface area (Å²) in [6, 6.07) is 14.8. The topological polar surface area (TPSA) is 76.7 Å². The molecule has 0 aromatic heterocycles. The summed E-state index contributed by atoms with van der Waals surface area (Å²) in [4.78, 5) is 23.0. The van der Waals surface area contributed by atoms with Crippen LogP contribution in [0.3, 0.4) is 0 Å². The smallest absolute Gasteiger partial charge is 0.326 e. The van der Waals surface area contributed by atoms with E-state index in [9.17, 15) is 9.59 Å². The van der Waals surface area contributed by atoms with Crippen molar-refractivity contribution in [2.75, 3.05) is 13.7 Å². The van der Waals surface area contributed by atoms with Gasteiger partial charge < -0.3 is 14.8 Å². The molecule has 1 fully saturated rings. The van der Waals surface area contributed by atoms with Crippen LogP contribution in [0, 0.1) is 0 Å². The number of rotatable bonds is 6. The van der Waals surface area contributed by atoms with Gasteiger partial charge in [0, 0.05) is 12.0 Å². The van der Waals surface area contributed by atoms with Gasteiger partial charge in [-0.2, -0.15) is 0 Å². The highest BCUT2D eigenvalue weighted by Gasteiger charge is 2.23. The summed E-state index contributed by atoms with van der Waals surface area (Å²) in [6.45, 7) is 0.457. The van der Waals surface area contributed by atoms with Gasteiger partial charge >= 0.3 is 6.03 Å². The zero-order valence-corrected chi connectivity index (χ0v) is 13.7. The van der Waals surface area contributed by atoms with Crippen molar-refractivity contribution in [2.45, 2.75) is 6.42 Å². The predicted octanol–water partition coefficient (Wildman–Crippen LogP) is 2.50. The van der Waals surface area contributed by atoms with Crippen LogP contribution in [0.25, 0.3) is 6.08 Å². The summed E-state index contributed by atoms with van der Waals surface area (Å²) in [5.74, 6) is 0.623.